The van der Waals surface area contributed by atoms with Crippen molar-refractivity contribution in [2.45, 2.75) is 32.9 Å². The highest BCUT2D eigenvalue weighted by Crippen LogP contribution is 2.30. The zero-order valence-corrected chi connectivity index (χ0v) is 13.1. The summed E-state index contributed by atoms with van der Waals surface area (Å²) < 4.78 is 11.0. The summed E-state index contributed by atoms with van der Waals surface area (Å²) in [6.07, 6.45) is 0. The molecular weight excluding hydrogens is 284 g/mol. The van der Waals surface area contributed by atoms with Gasteiger partial charge < -0.3 is 19.8 Å². The van der Waals surface area contributed by atoms with Gasteiger partial charge in [-0.2, -0.15) is 0 Å². The van der Waals surface area contributed by atoms with Crippen LogP contribution < -0.4 is 15.4 Å². The molecule has 118 valence electrons. The van der Waals surface area contributed by atoms with Crippen molar-refractivity contribution in [3.8, 4) is 5.75 Å². The lowest BCUT2D eigenvalue weighted by Crippen LogP contribution is -2.44. The highest BCUT2D eigenvalue weighted by Gasteiger charge is 2.19. The van der Waals surface area contributed by atoms with Crippen molar-refractivity contribution in [3.05, 3.63) is 30.0 Å². The number of para-hydroxylation sites is 1. The summed E-state index contributed by atoms with van der Waals surface area (Å²) in [6, 6.07) is 6.56. The molecule has 2 amide bonds. The highest BCUT2D eigenvalue weighted by atomic mass is 16.5. The maximum absolute atomic E-state index is 12.0. The van der Waals surface area contributed by atoms with E-state index in [4.69, 9.17) is 9.15 Å². The Balaban J connectivity index is 2.14. The van der Waals surface area contributed by atoms with Crippen LogP contribution in [0.15, 0.2) is 28.7 Å². The SMILES string of the molecule is COc1cccc2cc([C@@H](C)NC(=O)[C@H](C)NC(C)=O)oc12. The van der Waals surface area contributed by atoms with Crippen LogP contribution in [0, 0.1) is 0 Å². The molecule has 22 heavy (non-hydrogen) atoms. The second-order valence-corrected chi connectivity index (χ2v) is 5.18. The van der Waals surface area contributed by atoms with E-state index >= 15 is 0 Å². The van der Waals surface area contributed by atoms with Crippen molar-refractivity contribution in [2.24, 2.45) is 0 Å². The number of furan rings is 1. The number of carbonyl (C=O) groups is 2. The van der Waals surface area contributed by atoms with Crippen molar-refractivity contribution in [2.75, 3.05) is 7.11 Å². The molecule has 0 saturated carbocycles. The van der Waals surface area contributed by atoms with Crippen LogP contribution in [0.1, 0.15) is 32.6 Å². The third-order valence-corrected chi connectivity index (χ3v) is 3.35. The molecule has 1 aromatic carbocycles. The summed E-state index contributed by atoms with van der Waals surface area (Å²) in [5.41, 5.74) is 0.649. The van der Waals surface area contributed by atoms with Crippen LogP contribution >= 0.6 is 0 Å². The van der Waals surface area contributed by atoms with Crippen LogP contribution in [-0.4, -0.2) is 25.0 Å². The molecule has 0 spiro atoms. The second-order valence-electron chi connectivity index (χ2n) is 5.18. The predicted molar refractivity (Wildman–Crippen MR) is 82.6 cm³/mol. The first-order valence-electron chi connectivity index (χ1n) is 7.06. The van der Waals surface area contributed by atoms with Gasteiger partial charge in [0.1, 0.15) is 11.8 Å². The summed E-state index contributed by atoms with van der Waals surface area (Å²) >= 11 is 0. The fourth-order valence-electron chi connectivity index (χ4n) is 2.21. The first-order chi connectivity index (χ1) is 10.4. The van der Waals surface area contributed by atoms with Gasteiger partial charge in [-0.25, -0.2) is 0 Å². The second kappa shape index (κ2) is 6.51. The van der Waals surface area contributed by atoms with E-state index in [1.54, 1.807) is 14.0 Å². The van der Waals surface area contributed by atoms with Crippen LogP contribution in [-0.2, 0) is 9.59 Å². The predicted octanol–water partition coefficient (Wildman–Crippen LogP) is 2.14. The van der Waals surface area contributed by atoms with Gasteiger partial charge in [0.05, 0.1) is 13.2 Å². The maximum Gasteiger partial charge on any atom is 0.242 e. The summed E-state index contributed by atoms with van der Waals surface area (Å²) in [6.45, 7) is 4.83. The minimum Gasteiger partial charge on any atom is -0.493 e. The number of methoxy groups -OCH3 is 1. The monoisotopic (exact) mass is 304 g/mol. The van der Waals surface area contributed by atoms with Crippen LogP contribution in [0.25, 0.3) is 11.0 Å². The lowest BCUT2D eigenvalue weighted by Gasteiger charge is -2.16. The molecule has 0 saturated heterocycles. The van der Waals surface area contributed by atoms with Gasteiger partial charge in [0.2, 0.25) is 11.8 Å². The van der Waals surface area contributed by atoms with Crippen molar-refractivity contribution in [1.82, 2.24) is 10.6 Å². The summed E-state index contributed by atoms with van der Waals surface area (Å²) in [5.74, 6) is 0.760. The standard InChI is InChI=1S/C16H20N2O4/c1-9(18-16(20)10(2)17-11(3)19)14-8-12-6-5-7-13(21-4)15(12)22-14/h5-10H,1-4H3,(H,17,19)(H,18,20)/t9-,10+/m1/s1. The Morgan fingerprint density at radius 3 is 2.59 bits per heavy atom. The maximum atomic E-state index is 12.0. The van der Waals surface area contributed by atoms with E-state index < -0.39 is 6.04 Å². The van der Waals surface area contributed by atoms with Gasteiger partial charge in [-0.15, -0.1) is 0 Å². The van der Waals surface area contributed by atoms with E-state index in [0.29, 0.717) is 17.1 Å². The number of amides is 2. The van der Waals surface area contributed by atoms with Crippen LogP contribution in [0.5, 0.6) is 5.75 Å². The largest absolute Gasteiger partial charge is 0.493 e. The quantitative estimate of drug-likeness (QED) is 0.887. The Bertz CT molecular complexity index is 693. The van der Waals surface area contributed by atoms with Gasteiger partial charge in [0, 0.05) is 12.3 Å². The Morgan fingerprint density at radius 2 is 1.95 bits per heavy atom. The van der Waals surface area contributed by atoms with E-state index in [1.807, 2.05) is 31.2 Å². The average Bonchev–Trinajstić information content (AvgIpc) is 2.90. The molecule has 2 aromatic rings. The van der Waals surface area contributed by atoms with Gasteiger partial charge >= 0.3 is 0 Å². The molecule has 1 heterocycles. The molecule has 2 atom stereocenters. The normalized spacial score (nSPS) is 13.5. The van der Waals surface area contributed by atoms with Gasteiger partial charge in [0.25, 0.3) is 0 Å². The molecule has 2 rings (SSSR count). The molecular formula is C16H20N2O4. The van der Waals surface area contributed by atoms with E-state index in [9.17, 15) is 9.59 Å². The molecule has 0 aliphatic rings. The third kappa shape index (κ3) is 3.39. The summed E-state index contributed by atoms with van der Waals surface area (Å²) in [4.78, 5) is 23.0. The molecule has 6 heteroatoms. The molecule has 6 nitrogen and oxygen atoms in total. The number of ether oxygens (including phenoxy) is 1. The average molecular weight is 304 g/mol. The van der Waals surface area contributed by atoms with E-state index in [2.05, 4.69) is 10.6 Å². The van der Waals surface area contributed by atoms with Gasteiger partial charge in [-0.1, -0.05) is 12.1 Å². The molecule has 1 aromatic heterocycles. The summed E-state index contributed by atoms with van der Waals surface area (Å²) in [5, 5.41) is 6.26. The zero-order valence-electron chi connectivity index (χ0n) is 13.1. The molecule has 0 unspecified atom stereocenters. The Morgan fingerprint density at radius 1 is 1.23 bits per heavy atom. The molecule has 2 N–H and O–H groups in total. The number of nitrogens with one attached hydrogen (secondary N) is 2. The number of hydrogen-bond acceptors (Lipinski definition) is 4. The minimum atomic E-state index is -0.598. The molecule has 0 radical (unpaired) electrons. The zero-order chi connectivity index (χ0) is 16.3. The minimum absolute atomic E-state index is 0.247. The molecule has 0 aliphatic carbocycles. The Labute approximate surface area is 128 Å². The molecule has 0 bridgehead atoms. The van der Waals surface area contributed by atoms with Crippen molar-refractivity contribution >= 4 is 22.8 Å². The van der Waals surface area contributed by atoms with Crippen LogP contribution in [0.4, 0.5) is 0 Å². The fourth-order valence-corrected chi connectivity index (χ4v) is 2.21. The lowest BCUT2D eigenvalue weighted by molar-refractivity contribution is -0.128. The van der Waals surface area contributed by atoms with E-state index in [-0.39, 0.29) is 17.9 Å². The Hall–Kier alpha value is -2.50. The van der Waals surface area contributed by atoms with Gasteiger partial charge in [0.15, 0.2) is 11.3 Å². The topological polar surface area (TPSA) is 80.6 Å². The van der Waals surface area contributed by atoms with Crippen LogP contribution in [0.2, 0.25) is 0 Å². The smallest absolute Gasteiger partial charge is 0.242 e. The number of rotatable bonds is 5. The van der Waals surface area contributed by atoms with E-state index in [1.165, 1.54) is 6.92 Å². The highest BCUT2D eigenvalue weighted by molar-refractivity contribution is 5.87. The Kier molecular flexibility index (Phi) is 4.70. The van der Waals surface area contributed by atoms with Gasteiger partial charge in [-0.05, 0) is 26.0 Å². The van der Waals surface area contributed by atoms with Crippen LogP contribution in [0.3, 0.4) is 0 Å². The number of fused-ring (bicyclic) bond motifs is 1. The first-order valence-corrected chi connectivity index (χ1v) is 7.06. The van der Waals surface area contributed by atoms with Crippen molar-refractivity contribution in [3.63, 3.8) is 0 Å². The van der Waals surface area contributed by atoms with Gasteiger partial charge in [-0.3, -0.25) is 9.59 Å². The first kappa shape index (κ1) is 15.9. The third-order valence-electron chi connectivity index (χ3n) is 3.35. The van der Waals surface area contributed by atoms with E-state index in [0.717, 1.165) is 5.39 Å². The fraction of sp³-hybridized carbons (Fsp3) is 0.375. The van der Waals surface area contributed by atoms with Crippen molar-refractivity contribution in [1.29, 1.82) is 0 Å². The number of benzene rings is 1. The molecule has 0 fully saturated rings. The van der Waals surface area contributed by atoms with Crippen molar-refractivity contribution < 1.29 is 18.7 Å². The lowest BCUT2D eigenvalue weighted by atomic mass is 10.2. The number of carbonyl (C=O) groups excluding carboxylic acids is 2. The summed E-state index contributed by atoms with van der Waals surface area (Å²) in [7, 11) is 1.58. The number of hydrogen-bond donors (Lipinski definition) is 2. The molecule has 0 aliphatic heterocycles.